The zero-order valence-corrected chi connectivity index (χ0v) is 17.8. The summed E-state index contributed by atoms with van der Waals surface area (Å²) in [6.07, 6.45) is -3.92. The molecule has 164 valence electrons. The van der Waals surface area contributed by atoms with E-state index in [9.17, 15) is 13.2 Å². The molecule has 0 amide bonds. The molecule has 0 radical (unpaired) electrons. The van der Waals surface area contributed by atoms with E-state index >= 15 is 0 Å². The molecule has 3 aromatic rings. The Morgan fingerprint density at radius 3 is 2.45 bits per heavy atom. The molecule has 0 fully saturated rings. The molecule has 2 N–H and O–H groups in total. The second-order valence-corrected chi connectivity index (χ2v) is 7.42. The van der Waals surface area contributed by atoms with Crippen LogP contribution in [0.1, 0.15) is 31.9 Å². The van der Waals surface area contributed by atoms with Crippen molar-refractivity contribution in [3.05, 3.63) is 59.7 Å². The summed E-state index contributed by atoms with van der Waals surface area (Å²) < 4.78 is 41.9. The van der Waals surface area contributed by atoms with Gasteiger partial charge in [0.15, 0.2) is 0 Å². The molecule has 0 unspecified atom stereocenters. The maximum atomic E-state index is 12.6. The SMILES string of the molecule is CCc1cccc(C)c1Nc1cc(-c2cccc(OC(F)(F)F)c2)nc(NC(C)C)n1. The minimum absolute atomic E-state index is 0.0765. The molecule has 3 rings (SSSR count). The summed E-state index contributed by atoms with van der Waals surface area (Å²) in [4.78, 5) is 9.04. The van der Waals surface area contributed by atoms with E-state index in [1.54, 1.807) is 12.1 Å². The van der Waals surface area contributed by atoms with Crippen LogP contribution in [-0.2, 0) is 6.42 Å². The first-order valence-corrected chi connectivity index (χ1v) is 10.0. The van der Waals surface area contributed by atoms with Gasteiger partial charge in [-0.1, -0.05) is 37.3 Å². The van der Waals surface area contributed by atoms with Gasteiger partial charge in [-0.25, -0.2) is 4.98 Å². The number of alkyl halides is 3. The lowest BCUT2D eigenvalue weighted by molar-refractivity contribution is -0.274. The summed E-state index contributed by atoms with van der Waals surface area (Å²) in [6.45, 7) is 7.99. The highest BCUT2D eigenvalue weighted by atomic mass is 19.4. The highest BCUT2D eigenvalue weighted by Gasteiger charge is 2.31. The van der Waals surface area contributed by atoms with Crippen LogP contribution >= 0.6 is 0 Å². The lowest BCUT2D eigenvalue weighted by atomic mass is 10.1. The molecule has 1 heterocycles. The van der Waals surface area contributed by atoms with Crippen molar-refractivity contribution in [1.82, 2.24) is 9.97 Å². The Hall–Kier alpha value is -3.29. The first kappa shape index (κ1) is 22.4. The number of hydrogen-bond donors (Lipinski definition) is 2. The highest BCUT2D eigenvalue weighted by Crippen LogP contribution is 2.30. The van der Waals surface area contributed by atoms with Crippen molar-refractivity contribution < 1.29 is 17.9 Å². The number of halogens is 3. The molecular formula is C23H25F3N4O. The average molecular weight is 430 g/mol. The molecule has 0 aliphatic rings. The van der Waals surface area contributed by atoms with Crippen LogP contribution in [-0.4, -0.2) is 22.4 Å². The number of aryl methyl sites for hydroxylation is 2. The van der Waals surface area contributed by atoms with Crippen molar-refractivity contribution in [2.24, 2.45) is 0 Å². The van der Waals surface area contributed by atoms with Gasteiger partial charge in [-0.05, 0) is 50.5 Å². The number of nitrogens with zero attached hydrogens (tertiary/aromatic N) is 2. The first-order valence-electron chi connectivity index (χ1n) is 10.0. The fraction of sp³-hybridized carbons (Fsp3) is 0.304. The van der Waals surface area contributed by atoms with Crippen molar-refractivity contribution in [2.75, 3.05) is 10.6 Å². The lowest BCUT2D eigenvalue weighted by Gasteiger charge is -2.16. The number of hydrogen-bond acceptors (Lipinski definition) is 5. The monoisotopic (exact) mass is 430 g/mol. The van der Waals surface area contributed by atoms with E-state index in [0.717, 1.165) is 23.2 Å². The summed E-state index contributed by atoms with van der Waals surface area (Å²) in [5.41, 5.74) is 4.12. The van der Waals surface area contributed by atoms with Crippen LogP contribution in [0.5, 0.6) is 5.75 Å². The summed E-state index contributed by atoms with van der Waals surface area (Å²) >= 11 is 0. The maximum Gasteiger partial charge on any atom is 0.573 e. The summed E-state index contributed by atoms with van der Waals surface area (Å²) in [5.74, 6) is 0.617. The number of para-hydroxylation sites is 1. The number of anilines is 3. The number of rotatable bonds is 7. The molecule has 31 heavy (non-hydrogen) atoms. The third kappa shape index (κ3) is 6.10. The Kier molecular flexibility index (Phi) is 6.68. The number of ether oxygens (including phenoxy) is 1. The zero-order valence-electron chi connectivity index (χ0n) is 17.8. The summed E-state index contributed by atoms with van der Waals surface area (Å²) in [6, 6.07) is 13.6. The fourth-order valence-electron chi connectivity index (χ4n) is 3.16. The molecule has 0 aliphatic heterocycles. The largest absolute Gasteiger partial charge is 0.573 e. The molecule has 0 aliphatic carbocycles. The van der Waals surface area contributed by atoms with Crippen LogP contribution in [0.4, 0.5) is 30.6 Å². The van der Waals surface area contributed by atoms with Gasteiger partial charge in [0, 0.05) is 23.4 Å². The average Bonchev–Trinajstić information content (AvgIpc) is 2.68. The molecule has 0 saturated carbocycles. The number of aromatic nitrogens is 2. The van der Waals surface area contributed by atoms with E-state index in [0.29, 0.717) is 23.0 Å². The van der Waals surface area contributed by atoms with E-state index < -0.39 is 6.36 Å². The Morgan fingerprint density at radius 2 is 1.77 bits per heavy atom. The van der Waals surface area contributed by atoms with Crippen LogP contribution in [0.2, 0.25) is 0 Å². The van der Waals surface area contributed by atoms with Crippen LogP contribution in [0.15, 0.2) is 48.5 Å². The molecular weight excluding hydrogens is 405 g/mol. The fourth-order valence-corrected chi connectivity index (χ4v) is 3.16. The van der Waals surface area contributed by atoms with Gasteiger partial charge in [-0.15, -0.1) is 13.2 Å². The van der Waals surface area contributed by atoms with Crippen LogP contribution < -0.4 is 15.4 Å². The van der Waals surface area contributed by atoms with Gasteiger partial charge in [0.05, 0.1) is 5.69 Å². The molecule has 1 aromatic heterocycles. The van der Waals surface area contributed by atoms with E-state index in [1.807, 2.05) is 39.0 Å². The molecule has 2 aromatic carbocycles. The minimum atomic E-state index is -4.76. The standard InChI is InChI=1S/C23H25F3N4O/c1-5-16-9-6-8-15(4)21(16)29-20-13-19(28-22(30-20)27-14(2)3)17-10-7-11-18(12-17)31-23(24,25)26/h6-14H,5H2,1-4H3,(H2,27,28,29,30). The zero-order chi connectivity index (χ0) is 22.6. The van der Waals surface area contributed by atoms with E-state index in [4.69, 9.17) is 0 Å². The number of nitrogens with one attached hydrogen (secondary N) is 2. The van der Waals surface area contributed by atoms with Gasteiger partial charge >= 0.3 is 6.36 Å². The number of benzene rings is 2. The topological polar surface area (TPSA) is 59.1 Å². The van der Waals surface area contributed by atoms with Crippen LogP contribution in [0, 0.1) is 6.92 Å². The molecule has 0 atom stereocenters. The van der Waals surface area contributed by atoms with E-state index in [2.05, 4.69) is 32.3 Å². The second kappa shape index (κ2) is 9.24. The third-order valence-corrected chi connectivity index (χ3v) is 4.50. The van der Waals surface area contributed by atoms with E-state index in [-0.39, 0.29) is 11.8 Å². The molecule has 0 saturated heterocycles. The summed E-state index contributed by atoms with van der Waals surface area (Å²) in [7, 11) is 0. The Bertz CT molecular complexity index is 1050. The van der Waals surface area contributed by atoms with Gasteiger partial charge < -0.3 is 15.4 Å². The Balaban J connectivity index is 2.03. The normalized spacial score (nSPS) is 11.5. The predicted octanol–water partition coefficient (Wildman–Crippen LogP) is 6.48. The Labute approximate surface area is 179 Å². The van der Waals surface area contributed by atoms with Crippen molar-refractivity contribution in [3.8, 4) is 17.0 Å². The highest BCUT2D eigenvalue weighted by molar-refractivity contribution is 5.71. The predicted molar refractivity (Wildman–Crippen MR) is 117 cm³/mol. The minimum Gasteiger partial charge on any atom is -0.406 e. The van der Waals surface area contributed by atoms with Crippen molar-refractivity contribution in [2.45, 2.75) is 46.5 Å². The maximum absolute atomic E-state index is 12.6. The van der Waals surface area contributed by atoms with Crippen LogP contribution in [0.25, 0.3) is 11.3 Å². The smallest absolute Gasteiger partial charge is 0.406 e. The van der Waals surface area contributed by atoms with E-state index in [1.165, 1.54) is 18.2 Å². The molecule has 8 heteroatoms. The van der Waals surface area contributed by atoms with Gasteiger partial charge in [0.25, 0.3) is 0 Å². The van der Waals surface area contributed by atoms with Crippen molar-refractivity contribution in [1.29, 1.82) is 0 Å². The Morgan fingerprint density at radius 1 is 1.03 bits per heavy atom. The molecule has 5 nitrogen and oxygen atoms in total. The van der Waals surface area contributed by atoms with Crippen molar-refractivity contribution in [3.63, 3.8) is 0 Å². The lowest BCUT2D eigenvalue weighted by Crippen LogP contribution is -2.17. The second-order valence-electron chi connectivity index (χ2n) is 7.42. The van der Waals surface area contributed by atoms with Gasteiger partial charge in [0.1, 0.15) is 11.6 Å². The molecule has 0 bridgehead atoms. The van der Waals surface area contributed by atoms with Crippen molar-refractivity contribution >= 4 is 17.5 Å². The van der Waals surface area contributed by atoms with Gasteiger partial charge in [-0.2, -0.15) is 4.98 Å². The third-order valence-electron chi connectivity index (χ3n) is 4.50. The molecule has 0 spiro atoms. The van der Waals surface area contributed by atoms with Gasteiger partial charge in [0.2, 0.25) is 5.95 Å². The summed E-state index contributed by atoms with van der Waals surface area (Å²) in [5, 5.41) is 6.53. The van der Waals surface area contributed by atoms with Gasteiger partial charge in [-0.3, -0.25) is 0 Å². The quantitative estimate of drug-likeness (QED) is 0.449. The van der Waals surface area contributed by atoms with Crippen LogP contribution in [0.3, 0.4) is 0 Å². The first-order chi connectivity index (χ1) is 14.6.